The van der Waals surface area contributed by atoms with Gasteiger partial charge in [-0.25, -0.2) is 9.59 Å². The number of nitrogens with zero attached hydrogens (tertiary/aromatic N) is 1. The van der Waals surface area contributed by atoms with Crippen LogP contribution in [0.3, 0.4) is 0 Å². The summed E-state index contributed by atoms with van der Waals surface area (Å²) in [6.07, 6.45) is 3.98. The molecule has 0 aliphatic carbocycles. The van der Waals surface area contributed by atoms with Gasteiger partial charge in [0.2, 0.25) is 0 Å². The van der Waals surface area contributed by atoms with Gasteiger partial charge >= 0.3 is 11.9 Å². The topological polar surface area (TPSA) is 138 Å². The fourth-order valence-electron chi connectivity index (χ4n) is 3.29. The first-order chi connectivity index (χ1) is 17.9. The van der Waals surface area contributed by atoms with Crippen molar-refractivity contribution in [2.75, 3.05) is 24.7 Å². The number of unbranched alkanes of at least 4 members (excludes halogenated alkanes) is 1. The Morgan fingerprint density at radius 1 is 1.00 bits per heavy atom. The van der Waals surface area contributed by atoms with E-state index in [4.69, 9.17) is 30.9 Å². The van der Waals surface area contributed by atoms with Crippen molar-refractivity contribution >= 4 is 29.4 Å². The summed E-state index contributed by atoms with van der Waals surface area (Å²) < 4.78 is 16.2. The highest BCUT2D eigenvalue weighted by molar-refractivity contribution is 5.91. The summed E-state index contributed by atoms with van der Waals surface area (Å²) in [5, 5.41) is 8.54. The van der Waals surface area contributed by atoms with Crippen LogP contribution in [0.15, 0.2) is 72.8 Å². The zero-order chi connectivity index (χ0) is 26.6. The van der Waals surface area contributed by atoms with Gasteiger partial charge in [-0.15, -0.1) is 0 Å². The average molecular weight is 499 g/mol. The van der Waals surface area contributed by atoms with E-state index in [2.05, 4.69) is 13.0 Å². The molecule has 3 aromatic rings. The van der Waals surface area contributed by atoms with Gasteiger partial charge in [-0.1, -0.05) is 18.2 Å². The minimum absolute atomic E-state index is 0.0699. The Morgan fingerprint density at radius 2 is 1.70 bits per heavy atom. The predicted molar refractivity (Wildman–Crippen MR) is 142 cm³/mol. The van der Waals surface area contributed by atoms with Crippen LogP contribution in [0.4, 0.5) is 11.4 Å². The van der Waals surface area contributed by atoms with Crippen molar-refractivity contribution in [3.05, 3.63) is 96.4 Å². The minimum Gasteiger partial charge on any atom is -0.494 e. The fraction of sp³-hybridized carbons (Fsp3) is 0.172. The highest BCUT2D eigenvalue weighted by atomic mass is 16.5. The molecule has 8 heteroatoms. The number of carbonyl (C=O) groups excluding carboxylic acids is 2. The van der Waals surface area contributed by atoms with Crippen LogP contribution in [-0.2, 0) is 9.53 Å². The van der Waals surface area contributed by atoms with Crippen LogP contribution < -0.4 is 20.9 Å². The van der Waals surface area contributed by atoms with Gasteiger partial charge in [0.25, 0.3) is 0 Å². The molecule has 1 atom stereocenters. The van der Waals surface area contributed by atoms with Crippen LogP contribution in [-0.4, -0.2) is 25.2 Å². The van der Waals surface area contributed by atoms with Crippen LogP contribution in [0.5, 0.6) is 11.5 Å². The summed E-state index contributed by atoms with van der Waals surface area (Å²) in [4.78, 5) is 24.5. The van der Waals surface area contributed by atoms with Gasteiger partial charge in [0.05, 0.1) is 24.8 Å². The summed E-state index contributed by atoms with van der Waals surface area (Å²) in [6.45, 7) is 4.49. The van der Waals surface area contributed by atoms with E-state index in [0.717, 1.165) is 11.1 Å². The third-order valence-electron chi connectivity index (χ3n) is 5.27. The lowest BCUT2D eigenvalue weighted by atomic mass is 10.00. The van der Waals surface area contributed by atoms with Gasteiger partial charge in [0.15, 0.2) is 0 Å². The standard InChI is InChI=1S/C29H28N3O5/c1-20(26-14-9-23(31)18-27(26)32)19-36-28(33)15-6-21-4-10-25(11-5-21)37-29(34)22-7-12-24(13-8-22)35-17-3-2-16-30/h4-15,18,20H,1-3,17,19,31-32H2/b15-6+. The number of hydrogen-bond acceptors (Lipinski definition) is 8. The molecule has 0 amide bonds. The van der Waals surface area contributed by atoms with Crippen LogP contribution in [0.1, 0.15) is 40.2 Å². The number of anilines is 2. The van der Waals surface area contributed by atoms with Crippen molar-refractivity contribution in [1.29, 1.82) is 5.26 Å². The molecule has 1 radical (unpaired) electrons. The third-order valence-corrected chi connectivity index (χ3v) is 5.27. The number of rotatable bonds is 11. The van der Waals surface area contributed by atoms with Gasteiger partial charge in [0.1, 0.15) is 11.5 Å². The molecule has 0 saturated carbocycles. The molecule has 0 saturated heterocycles. The maximum Gasteiger partial charge on any atom is 0.343 e. The molecule has 0 bridgehead atoms. The molecule has 0 heterocycles. The summed E-state index contributed by atoms with van der Waals surface area (Å²) >= 11 is 0. The second-order valence-corrected chi connectivity index (χ2v) is 8.14. The summed E-state index contributed by atoms with van der Waals surface area (Å²) in [6, 6.07) is 20.5. The number of benzene rings is 3. The Bertz CT molecular complexity index is 1280. The van der Waals surface area contributed by atoms with E-state index in [1.54, 1.807) is 72.8 Å². The molecule has 3 rings (SSSR count). The molecule has 189 valence electrons. The molecule has 0 aromatic heterocycles. The van der Waals surface area contributed by atoms with E-state index in [1.165, 1.54) is 6.08 Å². The van der Waals surface area contributed by atoms with Crippen LogP contribution in [0.25, 0.3) is 6.08 Å². The minimum atomic E-state index is -0.518. The fourth-order valence-corrected chi connectivity index (χ4v) is 3.29. The number of nitriles is 1. The molecule has 0 spiro atoms. The lowest BCUT2D eigenvalue weighted by Gasteiger charge is -2.14. The Balaban J connectivity index is 1.46. The van der Waals surface area contributed by atoms with Crippen molar-refractivity contribution in [2.24, 2.45) is 0 Å². The van der Waals surface area contributed by atoms with E-state index < -0.39 is 11.9 Å². The van der Waals surface area contributed by atoms with Gasteiger partial charge in [-0.2, -0.15) is 5.26 Å². The lowest BCUT2D eigenvalue weighted by Crippen LogP contribution is -2.11. The number of esters is 2. The number of ether oxygens (including phenoxy) is 3. The summed E-state index contributed by atoms with van der Waals surface area (Å²) in [5.74, 6) is -0.375. The molecule has 1 unspecified atom stereocenters. The molecule has 8 nitrogen and oxygen atoms in total. The van der Waals surface area contributed by atoms with Gasteiger partial charge in [-0.05, 0) is 79.1 Å². The van der Waals surface area contributed by atoms with E-state index in [0.29, 0.717) is 47.9 Å². The number of carbonyl (C=O) groups is 2. The lowest BCUT2D eigenvalue weighted by molar-refractivity contribution is -0.137. The second-order valence-electron chi connectivity index (χ2n) is 8.14. The second kappa shape index (κ2) is 13.4. The molecular weight excluding hydrogens is 470 g/mol. The summed E-state index contributed by atoms with van der Waals surface area (Å²) in [5.41, 5.74) is 14.6. The van der Waals surface area contributed by atoms with E-state index in [-0.39, 0.29) is 12.5 Å². The Morgan fingerprint density at radius 3 is 2.38 bits per heavy atom. The first-order valence-corrected chi connectivity index (χ1v) is 11.6. The molecular formula is C29H28N3O5. The van der Waals surface area contributed by atoms with Gasteiger partial charge < -0.3 is 25.7 Å². The van der Waals surface area contributed by atoms with Crippen molar-refractivity contribution in [1.82, 2.24) is 0 Å². The maximum absolute atomic E-state index is 12.4. The van der Waals surface area contributed by atoms with E-state index in [9.17, 15) is 9.59 Å². The highest BCUT2D eigenvalue weighted by Crippen LogP contribution is 2.24. The highest BCUT2D eigenvalue weighted by Gasteiger charge is 2.12. The number of nitrogens with two attached hydrogens (primary N) is 2. The quantitative estimate of drug-likeness (QED) is 0.125. The van der Waals surface area contributed by atoms with E-state index in [1.807, 2.05) is 0 Å². The molecule has 37 heavy (non-hydrogen) atoms. The number of hydrogen-bond donors (Lipinski definition) is 2. The monoisotopic (exact) mass is 498 g/mol. The van der Waals surface area contributed by atoms with Gasteiger partial charge in [0, 0.05) is 29.8 Å². The summed E-state index contributed by atoms with van der Waals surface area (Å²) in [7, 11) is 0. The predicted octanol–water partition coefficient (Wildman–Crippen LogP) is 4.93. The van der Waals surface area contributed by atoms with Crippen LogP contribution in [0.2, 0.25) is 0 Å². The van der Waals surface area contributed by atoms with Crippen molar-refractivity contribution in [2.45, 2.75) is 18.8 Å². The Kier molecular flexibility index (Phi) is 9.68. The Labute approximate surface area is 216 Å². The SMILES string of the molecule is [CH2]C(COC(=O)/C=C/c1ccc(OC(=O)c2ccc(OCCCC#N)cc2)cc1)c1ccc(N)cc1N. The van der Waals surface area contributed by atoms with Crippen LogP contribution >= 0.6 is 0 Å². The van der Waals surface area contributed by atoms with Crippen molar-refractivity contribution in [3.8, 4) is 17.6 Å². The van der Waals surface area contributed by atoms with Crippen molar-refractivity contribution in [3.63, 3.8) is 0 Å². The largest absolute Gasteiger partial charge is 0.494 e. The van der Waals surface area contributed by atoms with Gasteiger partial charge in [-0.3, -0.25) is 0 Å². The zero-order valence-corrected chi connectivity index (χ0v) is 20.3. The Hall–Kier alpha value is -4.77. The molecule has 0 aliphatic rings. The van der Waals surface area contributed by atoms with Crippen LogP contribution in [0, 0.1) is 18.3 Å². The smallest absolute Gasteiger partial charge is 0.343 e. The molecule has 0 aliphatic heterocycles. The van der Waals surface area contributed by atoms with Crippen molar-refractivity contribution < 1.29 is 23.8 Å². The zero-order valence-electron chi connectivity index (χ0n) is 20.3. The third kappa shape index (κ3) is 8.44. The molecule has 4 N–H and O–H groups in total. The molecule has 0 fully saturated rings. The first kappa shape index (κ1) is 26.8. The van der Waals surface area contributed by atoms with E-state index >= 15 is 0 Å². The average Bonchev–Trinajstić information content (AvgIpc) is 2.89. The molecule has 3 aromatic carbocycles. The maximum atomic E-state index is 12.4. The first-order valence-electron chi connectivity index (χ1n) is 11.6. The normalized spacial score (nSPS) is 11.5. The number of nitrogen functional groups attached to an aromatic ring is 2.